The van der Waals surface area contributed by atoms with Crippen molar-refractivity contribution < 1.29 is 31.0 Å². The van der Waals surface area contributed by atoms with E-state index >= 15 is 0 Å². The average molecular weight is 296 g/mol. The zero-order chi connectivity index (χ0) is 5.98. The number of hydrogen-bond acceptors (Lipinski definition) is 2. The molecule has 0 spiro atoms. The van der Waals surface area contributed by atoms with Crippen molar-refractivity contribution in [3.05, 3.63) is 11.8 Å². The second kappa shape index (κ2) is 3.84. The molecule has 1 aliphatic rings. The first kappa shape index (κ1) is 8.90. The number of ketones is 1. The molecule has 0 bridgehead atoms. The maximum atomic E-state index is 10.4. The standard InChI is InChI=1S/C6H8O2.W/c7-5-2-1-3-6(8)4-5;/h4,7H,1-3H2;. The Morgan fingerprint density at radius 1 is 1.44 bits per heavy atom. The van der Waals surface area contributed by atoms with Crippen molar-refractivity contribution in [2.24, 2.45) is 0 Å². The van der Waals surface area contributed by atoms with Crippen LogP contribution in [0.3, 0.4) is 0 Å². The summed E-state index contributed by atoms with van der Waals surface area (Å²) in [5, 5.41) is 8.72. The van der Waals surface area contributed by atoms with Crippen molar-refractivity contribution in [1.29, 1.82) is 0 Å². The molecule has 0 saturated carbocycles. The molecular formula is C6H8O2W. The zero-order valence-electron chi connectivity index (χ0n) is 4.96. The predicted octanol–water partition coefficient (Wildman–Crippen LogP) is 1.18. The fraction of sp³-hybridized carbons (Fsp3) is 0.500. The van der Waals surface area contributed by atoms with Crippen LogP contribution in [0.15, 0.2) is 11.8 Å². The predicted molar refractivity (Wildman–Crippen MR) is 29.6 cm³/mol. The van der Waals surface area contributed by atoms with Crippen LogP contribution in [0.5, 0.6) is 0 Å². The summed E-state index contributed by atoms with van der Waals surface area (Å²) in [6, 6.07) is 0. The Balaban J connectivity index is 0.000000640. The summed E-state index contributed by atoms with van der Waals surface area (Å²) in [5.41, 5.74) is 0. The summed E-state index contributed by atoms with van der Waals surface area (Å²) in [6.07, 6.45) is 3.39. The maximum Gasteiger partial charge on any atom is 0.159 e. The molecular weight excluding hydrogens is 288 g/mol. The van der Waals surface area contributed by atoms with Crippen LogP contribution in [-0.2, 0) is 25.9 Å². The van der Waals surface area contributed by atoms with Gasteiger partial charge in [0.1, 0.15) is 0 Å². The van der Waals surface area contributed by atoms with Crippen LogP contribution >= 0.6 is 0 Å². The molecule has 0 radical (unpaired) electrons. The van der Waals surface area contributed by atoms with E-state index in [9.17, 15) is 4.79 Å². The first-order valence-corrected chi connectivity index (χ1v) is 2.71. The van der Waals surface area contributed by atoms with E-state index in [0.717, 1.165) is 6.42 Å². The van der Waals surface area contributed by atoms with Crippen LogP contribution in [0.4, 0.5) is 0 Å². The van der Waals surface area contributed by atoms with Crippen LogP contribution in [0.1, 0.15) is 19.3 Å². The van der Waals surface area contributed by atoms with E-state index in [1.54, 1.807) is 0 Å². The first-order valence-electron chi connectivity index (χ1n) is 2.71. The van der Waals surface area contributed by atoms with Gasteiger partial charge < -0.3 is 5.11 Å². The summed E-state index contributed by atoms with van der Waals surface area (Å²) in [5.74, 6) is 0.287. The second-order valence-electron chi connectivity index (χ2n) is 1.96. The number of carbonyl (C=O) groups is 1. The van der Waals surface area contributed by atoms with E-state index in [1.165, 1.54) is 6.08 Å². The molecule has 2 nitrogen and oxygen atoms in total. The fourth-order valence-electron chi connectivity index (χ4n) is 0.774. The minimum atomic E-state index is 0. The molecule has 0 atom stereocenters. The van der Waals surface area contributed by atoms with Gasteiger partial charge in [-0.25, -0.2) is 0 Å². The van der Waals surface area contributed by atoms with Crippen molar-refractivity contribution in [3.8, 4) is 0 Å². The Morgan fingerprint density at radius 2 is 2.11 bits per heavy atom. The SMILES string of the molecule is O=C1C=C(O)CCC1.[W]. The van der Waals surface area contributed by atoms with Gasteiger partial charge in [0.15, 0.2) is 5.78 Å². The van der Waals surface area contributed by atoms with Gasteiger partial charge in [0, 0.05) is 40.0 Å². The van der Waals surface area contributed by atoms with E-state index < -0.39 is 0 Å². The third kappa shape index (κ3) is 2.80. The Kier molecular flexibility index (Phi) is 3.79. The van der Waals surface area contributed by atoms with Crippen LogP contribution in [0, 0.1) is 0 Å². The summed E-state index contributed by atoms with van der Waals surface area (Å²) < 4.78 is 0. The molecule has 1 rings (SSSR count). The molecule has 0 aliphatic heterocycles. The number of aliphatic hydroxyl groups is 1. The van der Waals surface area contributed by atoms with Crippen LogP contribution < -0.4 is 0 Å². The first-order chi connectivity index (χ1) is 3.79. The van der Waals surface area contributed by atoms with Gasteiger partial charge in [-0.2, -0.15) is 0 Å². The molecule has 0 saturated heterocycles. The monoisotopic (exact) mass is 296 g/mol. The summed E-state index contributed by atoms with van der Waals surface area (Å²) >= 11 is 0. The fourth-order valence-corrected chi connectivity index (χ4v) is 0.774. The summed E-state index contributed by atoms with van der Waals surface area (Å²) in [4.78, 5) is 10.4. The Morgan fingerprint density at radius 3 is 2.44 bits per heavy atom. The van der Waals surface area contributed by atoms with Gasteiger partial charge in [-0.3, -0.25) is 4.79 Å². The van der Waals surface area contributed by atoms with E-state index in [0.29, 0.717) is 12.8 Å². The third-order valence-electron chi connectivity index (χ3n) is 1.18. The molecule has 0 heterocycles. The van der Waals surface area contributed by atoms with E-state index in [-0.39, 0.29) is 32.6 Å². The summed E-state index contributed by atoms with van der Waals surface area (Å²) in [7, 11) is 0. The van der Waals surface area contributed by atoms with Gasteiger partial charge in [0.05, 0.1) is 5.76 Å². The van der Waals surface area contributed by atoms with Gasteiger partial charge in [0.2, 0.25) is 0 Å². The minimum absolute atomic E-state index is 0. The van der Waals surface area contributed by atoms with Crippen LogP contribution in [0.2, 0.25) is 0 Å². The quantitative estimate of drug-likeness (QED) is 0.729. The zero-order valence-corrected chi connectivity index (χ0v) is 7.90. The van der Waals surface area contributed by atoms with Gasteiger partial charge >= 0.3 is 0 Å². The molecule has 1 aliphatic carbocycles. The number of carbonyl (C=O) groups excluding carboxylic acids is 1. The van der Waals surface area contributed by atoms with E-state index in [4.69, 9.17) is 5.11 Å². The molecule has 9 heavy (non-hydrogen) atoms. The molecule has 0 aromatic heterocycles. The molecule has 0 aromatic rings. The topological polar surface area (TPSA) is 37.3 Å². The molecule has 50 valence electrons. The second-order valence-corrected chi connectivity index (χ2v) is 1.96. The van der Waals surface area contributed by atoms with Crippen LogP contribution in [0.25, 0.3) is 0 Å². The Hall–Kier alpha value is -0.102. The molecule has 0 fully saturated rings. The van der Waals surface area contributed by atoms with Gasteiger partial charge in [-0.15, -0.1) is 0 Å². The van der Waals surface area contributed by atoms with E-state index in [1.807, 2.05) is 0 Å². The smallest absolute Gasteiger partial charge is 0.159 e. The Labute approximate surface area is 68.2 Å². The molecule has 0 aromatic carbocycles. The van der Waals surface area contributed by atoms with Crippen molar-refractivity contribution in [2.45, 2.75) is 19.3 Å². The number of allylic oxidation sites excluding steroid dienone is 2. The maximum absolute atomic E-state index is 10.4. The average Bonchev–Trinajstić information content (AvgIpc) is 1.64. The van der Waals surface area contributed by atoms with Crippen LogP contribution in [-0.4, -0.2) is 10.9 Å². The Bertz CT molecular complexity index is 140. The van der Waals surface area contributed by atoms with E-state index in [2.05, 4.69) is 0 Å². The van der Waals surface area contributed by atoms with Crippen molar-refractivity contribution in [1.82, 2.24) is 0 Å². The van der Waals surface area contributed by atoms with Crippen molar-refractivity contribution >= 4 is 5.78 Å². The molecule has 3 heteroatoms. The number of hydrogen-bond donors (Lipinski definition) is 1. The third-order valence-corrected chi connectivity index (χ3v) is 1.18. The summed E-state index contributed by atoms with van der Waals surface area (Å²) in [6.45, 7) is 0. The van der Waals surface area contributed by atoms with Crippen molar-refractivity contribution in [2.75, 3.05) is 0 Å². The molecule has 1 N–H and O–H groups in total. The molecule has 0 unspecified atom stereocenters. The largest absolute Gasteiger partial charge is 0.512 e. The van der Waals surface area contributed by atoms with Gasteiger partial charge in [0.25, 0.3) is 0 Å². The number of rotatable bonds is 0. The van der Waals surface area contributed by atoms with Gasteiger partial charge in [-0.05, 0) is 6.42 Å². The minimum Gasteiger partial charge on any atom is -0.512 e. The van der Waals surface area contributed by atoms with Gasteiger partial charge in [-0.1, -0.05) is 0 Å². The molecule has 0 amide bonds. The van der Waals surface area contributed by atoms with Crippen molar-refractivity contribution in [3.63, 3.8) is 0 Å². The normalized spacial score (nSPS) is 18.2. The number of aliphatic hydroxyl groups excluding tert-OH is 1.